The van der Waals surface area contributed by atoms with Crippen LogP contribution in [0, 0.1) is 0 Å². The molecule has 9 heteroatoms. The SMILES string of the molecule is O=C(O)CN(Cc1ccc(OCCN2C(=O)COc3ccccc32)cc1)C(=O)Oc1ccccc1. The molecule has 1 aliphatic rings. The number of carbonyl (C=O) groups excluding carboxylic acids is 2. The molecule has 0 aliphatic carbocycles. The molecule has 1 aliphatic heterocycles. The molecule has 1 N–H and O–H groups in total. The molecule has 0 bridgehead atoms. The van der Waals surface area contributed by atoms with Crippen molar-refractivity contribution in [2.24, 2.45) is 0 Å². The third-order valence-corrected chi connectivity index (χ3v) is 5.22. The van der Waals surface area contributed by atoms with Crippen LogP contribution in [-0.4, -0.2) is 54.3 Å². The van der Waals surface area contributed by atoms with Crippen LogP contribution in [0.2, 0.25) is 0 Å². The van der Waals surface area contributed by atoms with E-state index in [1.165, 1.54) is 0 Å². The van der Waals surface area contributed by atoms with Gasteiger partial charge in [0.15, 0.2) is 6.61 Å². The summed E-state index contributed by atoms with van der Waals surface area (Å²) in [7, 11) is 0. The van der Waals surface area contributed by atoms with Crippen LogP contribution in [0.4, 0.5) is 10.5 Å². The quantitative estimate of drug-likeness (QED) is 0.503. The summed E-state index contributed by atoms with van der Waals surface area (Å²) in [5.74, 6) is 0.295. The summed E-state index contributed by atoms with van der Waals surface area (Å²) in [6, 6.07) is 22.7. The molecule has 180 valence electrons. The van der Waals surface area contributed by atoms with Crippen LogP contribution in [0.15, 0.2) is 78.9 Å². The second-order valence-corrected chi connectivity index (χ2v) is 7.73. The molecule has 0 aromatic heterocycles. The Bertz CT molecular complexity index is 1180. The zero-order valence-electron chi connectivity index (χ0n) is 18.8. The molecule has 35 heavy (non-hydrogen) atoms. The Labute approximate surface area is 202 Å². The van der Waals surface area contributed by atoms with Gasteiger partial charge >= 0.3 is 12.1 Å². The second kappa shape index (κ2) is 11.1. The number of anilines is 1. The summed E-state index contributed by atoms with van der Waals surface area (Å²) in [5.41, 5.74) is 1.42. The average Bonchev–Trinajstić information content (AvgIpc) is 2.86. The number of hydrogen-bond donors (Lipinski definition) is 1. The maximum Gasteiger partial charge on any atom is 0.416 e. The van der Waals surface area contributed by atoms with Crippen molar-refractivity contribution in [1.82, 2.24) is 4.90 Å². The van der Waals surface area contributed by atoms with Crippen LogP contribution < -0.4 is 19.1 Å². The van der Waals surface area contributed by atoms with Crippen LogP contribution in [-0.2, 0) is 16.1 Å². The van der Waals surface area contributed by atoms with Gasteiger partial charge in [0.2, 0.25) is 0 Å². The van der Waals surface area contributed by atoms with Crippen molar-refractivity contribution < 1.29 is 33.7 Å². The van der Waals surface area contributed by atoms with Crippen molar-refractivity contribution in [1.29, 1.82) is 0 Å². The van der Waals surface area contributed by atoms with E-state index in [0.717, 1.165) is 4.90 Å². The van der Waals surface area contributed by atoms with Gasteiger partial charge in [-0.3, -0.25) is 14.5 Å². The molecule has 0 saturated carbocycles. The van der Waals surface area contributed by atoms with E-state index in [2.05, 4.69) is 0 Å². The minimum Gasteiger partial charge on any atom is -0.492 e. The molecule has 0 spiro atoms. The van der Waals surface area contributed by atoms with Crippen LogP contribution in [0.3, 0.4) is 0 Å². The number of ether oxygens (including phenoxy) is 3. The molecular formula is C26H24N2O7. The van der Waals surface area contributed by atoms with E-state index in [4.69, 9.17) is 14.2 Å². The van der Waals surface area contributed by atoms with E-state index in [9.17, 15) is 19.5 Å². The van der Waals surface area contributed by atoms with Gasteiger partial charge in [-0.1, -0.05) is 42.5 Å². The molecule has 3 aromatic rings. The molecule has 0 unspecified atom stereocenters. The number of hydrogen-bond acceptors (Lipinski definition) is 6. The number of benzene rings is 3. The van der Waals surface area contributed by atoms with Crippen LogP contribution in [0.25, 0.3) is 0 Å². The summed E-state index contributed by atoms with van der Waals surface area (Å²) >= 11 is 0. The lowest BCUT2D eigenvalue weighted by molar-refractivity contribution is -0.138. The lowest BCUT2D eigenvalue weighted by Crippen LogP contribution is -2.41. The summed E-state index contributed by atoms with van der Waals surface area (Å²) in [4.78, 5) is 38.7. The van der Waals surface area contributed by atoms with Gasteiger partial charge < -0.3 is 24.2 Å². The third-order valence-electron chi connectivity index (χ3n) is 5.22. The van der Waals surface area contributed by atoms with Crippen LogP contribution in [0.5, 0.6) is 17.2 Å². The third kappa shape index (κ3) is 6.29. The van der Waals surface area contributed by atoms with Crippen molar-refractivity contribution in [3.63, 3.8) is 0 Å². The maximum absolute atomic E-state index is 12.5. The van der Waals surface area contributed by atoms with Gasteiger partial charge in [-0.15, -0.1) is 0 Å². The van der Waals surface area contributed by atoms with Gasteiger partial charge in [0.05, 0.1) is 12.2 Å². The largest absolute Gasteiger partial charge is 0.492 e. The first kappa shape index (κ1) is 23.6. The van der Waals surface area contributed by atoms with E-state index >= 15 is 0 Å². The Morgan fingerprint density at radius 1 is 0.943 bits per heavy atom. The van der Waals surface area contributed by atoms with Crippen molar-refractivity contribution >= 4 is 23.7 Å². The molecule has 0 radical (unpaired) electrons. The van der Waals surface area contributed by atoms with Crippen LogP contribution >= 0.6 is 0 Å². The molecule has 0 atom stereocenters. The maximum atomic E-state index is 12.5. The zero-order valence-corrected chi connectivity index (χ0v) is 18.8. The molecule has 3 aromatic carbocycles. The van der Waals surface area contributed by atoms with Crippen LogP contribution in [0.1, 0.15) is 5.56 Å². The highest BCUT2D eigenvalue weighted by atomic mass is 16.6. The molecular weight excluding hydrogens is 452 g/mol. The standard InChI is InChI=1S/C26H24N2O7/c29-24-18-34-23-9-5-4-8-22(23)28(24)14-15-33-20-12-10-19(11-13-20)16-27(17-25(30)31)26(32)35-21-6-2-1-3-7-21/h1-13H,14-18H2,(H,30,31). The van der Waals surface area contributed by atoms with Gasteiger partial charge in [-0.2, -0.15) is 0 Å². The van der Waals surface area contributed by atoms with Crippen molar-refractivity contribution in [3.05, 3.63) is 84.4 Å². The Balaban J connectivity index is 1.33. The average molecular weight is 476 g/mol. The fraction of sp³-hybridized carbons (Fsp3) is 0.192. The smallest absolute Gasteiger partial charge is 0.416 e. The normalized spacial score (nSPS) is 12.3. The monoisotopic (exact) mass is 476 g/mol. The number of nitrogens with zero attached hydrogens (tertiary/aromatic N) is 2. The number of aliphatic carboxylic acids is 1. The zero-order chi connectivity index (χ0) is 24.6. The Morgan fingerprint density at radius 3 is 2.40 bits per heavy atom. The Hall–Kier alpha value is -4.53. The molecule has 9 nitrogen and oxygen atoms in total. The number of amides is 2. The van der Waals surface area contributed by atoms with Gasteiger partial charge in [0, 0.05) is 6.54 Å². The highest BCUT2D eigenvalue weighted by Gasteiger charge is 2.25. The minimum absolute atomic E-state index is 0.00867. The second-order valence-electron chi connectivity index (χ2n) is 7.73. The molecule has 4 rings (SSSR count). The number of carboxylic acid groups (broad SMARTS) is 1. The number of fused-ring (bicyclic) bond motifs is 1. The minimum atomic E-state index is -1.14. The lowest BCUT2D eigenvalue weighted by Gasteiger charge is -2.29. The first-order chi connectivity index (χ1) is 17.0. The number of carbonyl (C=O) groups is 3. The summed E-state index contributed by atoms with van der Waals surface area (Å²) in [6.07, 6.45) is -0.755. The first-order valence-corrected chi connectivity index (χ1v) is 11.0. The Kier molecular flexibility index (Phi) is 7.47. The van der Waals surface area contributed by atoms with Gasteiger partial charge in [-0.25, -0.2) is 4.79 Å². The molecule has 1 heterocycles. The lowest BCUT2D eigenvalue weighted by atomic mass is 10.2. The summed E-state index contributed by atoms with van der Waals surface area (Å²) in [5, 5.41) is 9.20. The molecule has 0 fully saturated rings. The van der Waals surface area contributed by atoms with Crippen molar-refractivity contribution in [2.75, 3.05) is 31.2 Å². The predicted molar refractivity (Wildman–Crippen MR) is 127 cm³/mol. The Morgan fingerprint density at radius 2 is 1.66 bits per heavy atom. The van der Waals surface area contributed by atoms with Gasteiger partial charge in [0.1, 0.15) is 30.4 Å². The molecule has 0 saturated heterocycles. The van der Waals surface area contributed by atoms with E-state index in [1.807, 2.05) is 24.3 Å². The highest BCUT2D eigenvalue weighted by Crippen LogP contribution is 2.31. The summed E-state index contributed by atoms with van der Waals surface area (Å²) in [6.45, 7) is 0.175. The highest BCUT2D eigenvalue weighted by molar-refractivity contribution is 5.97. The van der Waals surface area contributed by atoms with Gasteiger partial charge in [-0.05, 0) is 42.0 Å². The van der Waals surface area contributed by atoms with E-state index in [1.54, 1.807) is 59.5 Å². The van der Waals surface area contributed by atoms with E-state index < -0.39 is 18.6 Å². The fourth-order valence-corrected chi connectivity index (χ4v) is 3.57. The number of para-hydroxylation sites is 3. The fourth-order valence-electron chi connectivity index (χ4n) is 3.57. The number of rotatable bonds is 9. The van der Waals surface area contributed by atoms with Crippen molar-refractivity contribution in [3.8, 4) is 17.2 Å². The summed E-state index contributed by atoms with van der Waals surface area (Å²) < 4.78 is 16.5. The molecule has 2 amide bonds. The van der Waals surface area contributed by atoms with Crippen molar-refractivity contribution in [2.45, 2.75) is 6.54 Å². The van der Waals surface area contributed by atoms with E-state index in [0.29, 0.717) is 35.0 Å². The van der Waals surface area contributed by atoms with E-state index in [-0.39, 0.29) is 25.7 Å². The topological polar surface area (TPSA) is 106 Å². The van der Waals surface area contributed by atoms with Gasteiger partial charge in [0.25, 0.3) is 5.91 Å². The number of carboxylic acids is 1. The first-order valence-electron chi connectivity index (χ1n) is 11.0. The predicted octanol–water partition coefficient (Wildman–Crippen LogP) is 3.58.